The Hall–Kier alpha value is -0.0400. The molecule has 0 aliphatic carbocycles. The van der Waals surface area contributed by atoms with Crippen LogP contribution in [0.5, 0.6) is 0 Å². The van der Waals surface area contributed by atoms with Crippen LogP contribution in [0.25, 0.3) is 0 Å². The lowest BCUT2D eigenvalue weighted by molar-refractivity contribution is 0.342. The van der Waals surface area contributed by atoms with Gasteiger partial charge in [0.05, 0.1) is 0 Å². The first kappa shape index (κ1) is 17.0. The second-order valence-electron chi connectivity index (χ2n) is 4.43. The van der Waals surface area contributed by atoms with Crippen molar-refractivity contribution in [2.75, 3.05) is 39.8 Å². The first-order valence-electron chi connectivity index (χ1n) is 6.47. The second-order valence-corrected chi connectivity index (χ2v) is 4.43. The summed E-state index contributed by atoms with van der Waals surface area (Å²) in [5.41, 5.74) is 0. The molecule has 102 valence electrons. The Morgan fingerprint density at radius 1 is 1.35 bits per heavy atom. The third kappa shape index (κ3) is 6.45. The Balaban J connectivity index is 0.00000256. The summed E-state index contributed by atoms with van der Waals surface area (Å²) in [7, 11) is 1.83. The van der Waals surface area contributed by atoms with Crippen molar-refractivity contribution in [3.8, 4) is 0 Å². The van der Waals surface area contributed by atoms with Gasteiger partial charge in [0.2, 0.25) is 0 Å². The van der Waals surface area contributed by atoms with Crippen molar-refractivity contribution in [1.82, 2.24) is 15.5 Å². The van der Waals surface area contributed by atoms with E-state index in [-0.39, 0.29) is 24.0 Å². The molecule has 5 heteroatoms. The number of halogens is 1. The first-order chi connectivity index (χ1) is 7.80. The van der Waals surface area contributed by atoms with Gasteiger partial charge in [0, 0.05) is 26.7 Å². The number of guanidine groups is 1. The number of hydrogen-bond donors (Lipinski definition) is 2. The van der Waals surface area contributed by atoms with Crippen LogP contribution < -0.4 is 10.6 Å². The van der Waals surface area contributed by atoms with Gasteiger partial charge in [0.15, 0.2) is 5.96 Å². The van der Waals surface area contributed by atoms with Gasteiger partial charge < -0.3 is 15.5 Å². The van der Waals surface area contributed by atoms with Crippen LogP contribution in [0.3, 0.4) is 0 Å². The molecule has 2 N–H and O–H groups in total. The van der Waals surface area contributed by atoms with Crippen LogP contribution in [-0.2, 0) is 0 Å². The maximum atomic E-state index is 4.21. The third-order valence-electron chi connectivity index (χ3n) is 3.14. The summed E-state index contributed by atoms with van der Waals surface area (Å²) in [6, 6.07) is 0. The maximum absolute atomic E-state index is 4.21. The highest BCUT2D eigenvalue weighted by Gasteiger charge is 2.20. The minimum Gasteiger partial charge on any atom is -0.356 e. The third-order valence-corrected chi connectivity index (χ3v) is 3.14. The number of hydrogen-bond acceptors (Lipinski definition) is 2. The molecule has 1 aliphatic rings. The molecular weight excluding hydrogens is 327 g/mol. The fourth-order valence-electron chi connectivity index (χ4n) is 2.07. The minimum atomic E-state index is 0. The van der Waals surface area contributed by atoms with Crippen molar-refractivity contribution in [3.05, 3.63) is 0 Å². The number of aliphatic imine (C=N–C) groups is 1. The zero-order valence-electron chi connectivity index (χ0n) is 11.3. The molecule has 0 spiro atoms. The molecule has 0 aromatic heterocycles. The zero-order valence-corrected chi connectivity index (χ0v) is 13.7. The molecule has 0 aromatic carbocycles. The summed E-state index contributed by atoms with van der Waals surface area (Å²) in [5, 5.41) is 6.70. The number of likely N-dealkylation sites (tertiary alicyclic amines) is 1. The van der Waals surface area contributed by atoms with Gasteiger partial charge in [-0.3, -0.25) is 4.99 Å². The summed E-state index contributed by atoms with van der Waals surface area (Å²) < 4.78 is 0. The number of rotatable bonds is 5. The van der Waals surface area contributed by atoms with E-state index in [9.17, 15) is 0 Å². The summed E-state index contributed by atoms with van der Waals surface area (Å²) in [5.74, 6) is 1.72. The largest absolute Gasteiger partial charge is 0.356 e. The normalized spacial score (nSPS) is 21.1. The molecule has 4 nitrogen and oxygen atoms in total. The fourth-order valence-corrected chi connectivity index (χ4v) is 2.07. The van der Waals surface area contributed by atoms with E-state index < -0.39 is 0 Å². The molecule has 0 amide bonds. The zero-order chi connectivity index (χ0) is 11.8. The SMILES string of the molecule is CCCNC(=NC)NCC1CCN(CC)C1.I. The predicted molar refractivity (Wildman–Crippen MR) is 85.3 cm³/mol. The van der Waals surface area contributed by atoms with Crippen molar-refractivity contribution in [2.45, 2.75) is 26.7 Å². The second kappa shape index (κ2) is 9.94. The predicted octanol–water partition coefficient (Wildman–Crippen LogP) is 1.52. The van der Waals surface area contributed by atoms with Crippen molar-refractivity contribution < 1.29 is 0 Å². The minimum absolute atomic E-state index is 0. The van der Waals surface area contributed by atoms with Gasteiger partial charge in [-0.05, 0) is 31.8 Å². The molecule has 1 saturated heterocycles. The topological polar surface area (TPSA) is 39.7 Å². The van der Waals surface area contributed by atoms with Crippen LogP contribution in [0.2, 0.25) is 0 Å². The molecular formula is C12H27IN4. The molecule has 1 heterocycles. The smallest absolute Gasteiger partial charge is 0.190 e. The summed E-state index contributed by atoms with van der Waals surface area (Å²) in [4.78, 5) is 6.72. The van der Waals surface area contributed by atoms with E-state index in [0.29, 0.717) is 0 Å². The average Bonchev–Trinajstić information content (AvgIpc) is 2.77. The molecule has 1 rings (SSSR count). The summed E-state index contributed by atoms with van der Waals surface area (Å²) in [6.07, 6.45) is 2.44. The van der Waals surface area contributed by atoms with Gasteiger partial charge in [-0.2, -0.15) is 0 Å². The van der Waals surface area contributed by atoms with E-state index in [1.165, 1.54) is 26.1 Å². The Morgan fingerprint density at radius 3 is 2.65 bits per heavy atom. The van der Waals surface area contributed by atoms with Crippen molar-refractivity contribution in [3.63, 3.8) is 0 Å². The molecule has 1 aliphatic heterocycles. The standard InChI is InChI=1S/C12H26N4.HI/c1-4-7-14-12(13-3)15-9-11-6-8-16(5-2)10-11;/h11H,4-10H2,1-3H3,(H2,13,14,15);1H. The Bertz CT molecular complexity index is 221. The van der Waals surface area contributed by atoms with E-state index in [4.69, 9.17) is 0 Å². The molecule has 1 fully saturated rings. The molecule has 0 bridgehead atoms. The highest BCUT2D eigenvalue weighted by atomic mass is 127. The van der Waals surface area contributed by atoms with Crippen LogP contribution in [-0.4, -0.2) is 50.6 Å². The van der Waals surface area contributed by atoms with Crippen LogP contribution in [0.15, 0.2) is 4.99 Å². The Labute approximate surface area is 123 Å². The van der Waals surface area contributed by atoms with Gasteiger partial charge in [-0.25, -0.2) is 0 Å². The molecule has 0 radical (unpaired) electrons. The van der Waals surface area contributed by atoms with E-state index in [1.54, 1.807) is 0 Å². The van der Waals surface area contributed by atoms with Crippen molar-refractivity contribution >= 4 is 29.9 Å². The van der Waals surface area contributed by atoms with Gasteiger partial charge in [-0.1, -0.05) is 13.8 Å². The summed E-state index contributed by atoms with van der Waals surface area (Å²) >= 11 is 0. The molecule has 0 saturated carbocycles. The van der Waals surface area contributed by atoms with Crippen molar-refractivity contribution in [2.24, 2.45) is 10.9 Å². The highest BCUT2D eigenvalue weighted by Crippen LogP contribution is 2.14. The molecule has 1 atom stereocenters. The van der Waals surface area contributed by atoms with E-state index >= 15 is 0 Å². The average molecular weight is 354 g/mol. The van der Waals surface area contributed by atoms with Crippen LogP contribution >= 0.6 is 24.0 Å². The van der Waals surface area contributed by atoms with Crippen LogP contribution in [0.4, 0.5) is 0 Å². The van der Waals surface area contributed by atoms with Crippen LogP contribution in [0.1, 0.15) is 26.7 Å². The maximum Gasteiger partial charge on any atom is 0.190 e. The molecule has 1 unspecified atom stereocenters. The lowest BCUT2D eigenvalue weighted by Gasteiger charge is -2.16. The highest BCUT2D eigenvalue weighted by molar-refractivity contribution is 14.0. The quantitative estimate of drug-likeness (QED) is 0.447. The lowest BCUT2D eigenvalue weighted by atomic mass is 10.1. The first-order valence-corrected chi connectivity index (χ1v) is 6.47. The van der Waals surface area contributed by atoms with Gasteiger partial charge in [-0.15, -0.1) is 24.0 Å². The Morgan fingerprint density at radius 2 is 2.12 bits per heavy atom. The van der Waals surface area contributed by atoms with E-state index in [2.05, 4.69) is 34.4 Å². The van der Waals surface area contributed by atoms with E-state index in [0.717, 1.165) is 31.4 Å². The number of nitrogens with one attached hydrogen (secondary N) is 2. The van der Waals surface area contributed by atoms with E-state index in [1.807, 2.05) is 7.05 Å². The van der Waals surface area contributed by atoms with Crippen molar-refractivity contribution in [1.29, 1.82) is 0 Å². The van der Waals surface area contributed by atoms with Crippen LogP contribution in [0, 0.1) is 5.92 Å². The van der Waals surface area contributed by atoms with Gasteiger partial charge >= 0.3 is 0 Å². The molecule has 0 aromatic rings. The molecule has 17 heavy (non-hydrogen) atoms. The fraction of sp³-hybridized carbons (Fsp3) is 0.917. The summed E-state index contributed by atoms with van der Waals surface area (Å²) in [6.45, 7) is 10.1. The van der Waals surface area contributed by atoms with Gasteiger partial charge in [0.25, 0.3) is 0 Å². The Kier molecular flexibility index (Phi) is 9.91. The van der Waals surface area contributed by atoms with Gasteiger partial charge in [0.1, 0.15) is 0 Å². The monoisotopic (exact) mass is 354 g/mol. The lowest BCUT2D eigenvalue weighted by Crippen LogP contribution is -2.40. The number of nitrogens with zero attached hydrogens (tertiary/aromatic N) is 2.